The van der Waals surface area contributed by atoms with Crippen LogP contribution in [0.3, 0.4) is 0 Å². The van der Waals surface area contributed by atoms with Crippen LogP contribution in [-0.2, 0) is 6.54 Å². The van der Waals surface area contributed by atoms with Gasteiger partial charge in [0.05, 0.1) is 24.8 Å². The molecule has 31 heavy (non-hydrogen) atoms. The summed E-state index contributed by atoms with van der Waals surface area (Å²) < 4.78 is 5.25. The van der Waals surface area contributed by atoms with E-state index in [4.69, 9.17) is 4.74 Å². The van der Waals surface area contributed by atoms with Crippen molar-refractivity contribution in [3.05, 3.63) is 65.2 Å². The minimum Gasteiger partial charge on any atom is -0.497 e. The second-order valence-corrected chi connectivity index (χ2v) is 6.99. The van der Waals surface area contributed by atoms with Gasteiger partial charge in [0.25, 0.3) is 11.8 Å². The number of methoxy groups -OCH3 is 1. The van der Waals surface area contributed by atoms with E-state index in [0.717, 1.165) is 36.7 Å². The fourth-order valence-corrected chi connectivity index (χ4v) is 3.33. The molecule has 1 aliphatic rings. The molecule has 0 bridgehead atoms. The molecule has 1 heterocycles. The number of nitrogens with one attached hydrogen (secondary N) is 2. The summed E-state index contributed by atoms with van der Waals surface area (Å²) in [6, 6.07) is 14.8. The van der Waals surface area contributed by atoms with Gasteiger partial charge in [0, 0.05) is 19.6 Å². The van der Waals surface area contributed by atoms with Crippen molar-refractivity contribution in [3.63, 3.8) is 0 Å². The first kappa shape index (κ1) is 24.6. The van der Waals surface area contributed by atoms with Gasteiger partial charge < -0.3 is 15.4 Å². The Labute approximate surface area is 200 Å². The zero-order valence-corrected chi connectivity index (χ0v) is 20.2. The number of carbonyl (C=O) groups is 2. The van der Waals surface area contributed by atoms with Crippen molar-refractivity contribution in [1.82, 2.24) is 15.5 Å². The van der Waals surface area contributed by atoms with Crippen LogP contribution in [0.25, 0.3) is 0 Å². The Kier molecular flexibility index (Phi) is 9.77. The summed E-state index contributed by atoms with van der Waals surface area (Å²) in [5.41, 5.74) is 2.07. The van der Waals surface area contributed by atoms with Crippen LogP contribution in [0.1, 0.15) is 46.0 Å². The summed E-state index contributed by atoms with van der Waals surface area (Å²) >= 11 is 0. The second kappa shape index (κ2) is 12.3. The van der Waals surface area contributed by atoms with E-state index in [9.17, 15) is 9.59 Å². The van der Waals surface area contributed by atoms with Crippen molar-refractivity contribution in [2.45, 2.75) is 26.3 Å². The SMILES string of the molecule is CCNC(=NCc1cccc(OC)c1)NCCCCN1C(=O)c2ccccc2C1=O.I. The minimum atomic E-state index is -0.197. The van der Waals surface area contributed by atoms with Crippen LogP contribution < -0.4 is 15.4 Å². The number of ether oxygens (including phenoxy) is 1. The zero-order valence-electron chi connectivity index (χ0n) is 17.9. The maximum absolute atomic E-state index is 12.4. The molecule has 7 nitrogen and oxygen atoms in total. The van der Waals surface area contributed by atoms with Gasteiger partial charge in [-0.2, -0.15) is 0 Å². The van der Waals surface area contributed by atoms with Crippen LogP contribution in [0.2, 0.25) is 0 Å². The van der Waals surface area contributed by atoms with Crippen molar-refractivity contribution < 1.29 is 14.3 Å². The van der Waals surface area contributed by atoms with Crippen LogP contribution >= 0.6 is 24.0 Å². The number of carbonyl (C=O) groups excluding carboxylic acids is 2. The molecule has 2 N–H and O–H groups in total. The number of hydrogen-bond acceptors (Lipinski definition) is 4. The average Bonchev–Trinajstić information content (AvgIpc) is 3.02. The quantitative estimate of drug-likeness (QED) is 0.169. The van der Waals surface area contributed by atoms with E-state index in [2.05, 4.69) is 15.6 Å². The molecule has 8 heteroatoms. The largest absolute Gasteiger partial charge is 0.497 e. The van der Waals surface area contributed by atoms with E-state index in [1.807, 2.05) is 31.2 Å². The fraction of sp³-hybridized carbons (Fsp3) is 0.348. The number of benzene rings is 2. The Morgan fingerprint density at radius 2 is 1.71 bits per heavy atom. The molecule has 2 aromatic carbocycles. The first-order valence-corrected chi connectivity index (χ1v) is 10.2. The molecule has 0 fully saturated rings. The Hall–Kier alpha value is -2.62. The van der Waals surface area contributed by atoms with E-state index in [1.165, 1.54) is 4.90 Å². The first-order chi connectivity index (χ1) is 14.6. The van der Waals surface area contributed by atoms with Gasteiger partial charge in [0.2, 0.25) is 0 Å². The molecule has 166 valence electrons. The smallest absolute Gasteiger partial charge is 0.261 e. The molecule has 2 aromatic rings. The Balaban J connectivity index is 0.00000341. The predicted molar refractivity (Wildman–Crippen MR) is 132 cm³/mol. The van der Waals surface area contributed by atoms with Gasteiger partial charge in [-0.25, -0.2) is 4.99 Å². The highest BCUT2D eigenvalue weighted by Crippen LogP contribution is 2.22. The number of amides is 2. The summed E-state index contributed by atoms with van der Waals surface area (Å²) in [6.45, 7) is 4.45. The van der Waals surface area contributed by atoms with Gasteiger partial charge in [-0.15, -0.1) is 24.0 Å². The van der Waals surface area contributed by atoms with Crippen molar-refractivity contribution in [2.24, 2.45) is 4.99 Å². The molecule has 0 saturated carbocycles. The van der Waals surface area contributed by atoms with Gasteiger partial charge >= 0.3 is 0 Å². The topological polar surface area (TPSA) is 83.0 Å². The van der Waals surface area contributed by atoms with Gasteiger partial charge in [0.15, 0.2) is 5.96 Å². The third-order valence-electron chi connectivity index (χ3n) is 4.88. The van der Waals surface area contributed by atoms with Crippen LogP contribution in [0, 0.1) is 0 Å². The lowest BCUT2D eigenvalue weighted by molar-refractivity contribution is 0.0652. The molecule has 0 aromatic heterocycles. The summed E-state index contributed by atoms with van der Waals surface area (Å²) in [5, 5.41) is 6.53. The maximum Gasteiger partial charge on any atom is 0.261 e. The van der Waals surface area contributed by atoms with E-state index in [0.29, 0.717) is 30.8 Å². The van der Waals surface area contributed by atoms with Gasteiger partial charge in [-0.05, 0) is 49.6 Å². The molecule has 0 aliphatic carbocycles. The normalized spacial score (nSPS) is 13.0. The zero-order chi connectivity index (χ0) is 21.3. The van der Waals surface area contributed by atoms with E-state index in [1.54, 1.807) is 31.4 Å². The molecule has 0 atom stereocenters. The number of aliphatic imine (C=N–C) groups is 1. The number of guanidine groups is 1. The predicted octanol–water partition coefficient (Wildman–Crippen LogP) is 3.44. The highest BCUT2D eigenvalue weighted by Gasteiger charge is 2.34. The van der Waals surface area contributed by atoms with Crippen molar-refractivity contribution in [3.8, 4) is 5.75 Å². The Morgan fingerprint density at radius 1 is 1.00 bits per heavy atom. The number of unbranched alkanes of at least 4 members (excludes halogenated alkanes) is 1. The Morgan fingerprint density at radius 3 is 2.35 bits per heavy atom. The van der Waals surface area contributed by atoms with E-state index >= 15 is 0 Å². The van der Waals surface area contributed by atoms with Gasteiger partial charge in [0.1, 0.15) is 5.75 Å². The first-order valence-electron chi connectivity index (χ1n) is 10.2. The van der Waals surface area contributed by atoms with Crippen LogP contribution in [0.5, 0.6) is 5.75 Å². The van der Waals surface area contributed by atoms with Crippen molar-refractivity contribution in [2.75, 3.05) is 26.7 Å². The third-order valence-corrected chi connectivity index (χ3v) is 4.88. The molecule has 0 radical (unpaired) electrons. The monoisotopic (exact) mass is 536 g/mol. The fourth-order valence-electron chi connectivity index (χ4n) is 3.33. The number of fused-ring (bicyclic) bond motifs is 1. The maximum atomic E-state index is 12.4. The average molecular weight is 536 g/mol. The lowest BCUT2D eigenvalue weighted by Crippen LogP contribution is -2.38. The lowest BCUT2D eigenvalue weighted by Gasteiger charge is -2.15. The lowest BCUT2D eigenvalue weighted by atomic mass is 10.1. The number of hydrogen-bond donors (Lipinski definition) is 2. The van der Waals surface area contributed by atoms with E-state index < -0.39 is 0 Å². The van der Waals surface area contributed by atoms with Crippen molar-refractivity contribution >= 4 is 41.8 Å². The molecule has 3 rings (SSSR count). The minimum absolute atomic E-state index is 0. The summed E-state index contributed by atoms with van der Waals surface area (Å²) in [4.78, 5) is 30.7. The number of nitrogens with zero attached hydrogens (tertiary/aromatic N) is 2. The standard InChI is InChI=1S/C23H28N4O3.HI/c1-3-24-23(26-16-17-9-8-10-18(15-17)30-2)25-13-6-7-14-27-21(28)19-11-4-5-12-20(19)22(27)29;/h4-5,8-12,15H,3,6-7,13-14,16H2,1-2H3,(H2,24,25,26);1H. The third kappa shape index (κ3) is 6.43. The molecule has 2 amide bonds. The summed E-state index contributed by atoms with van der Waals surface area (Å²) in [5.74, 6) is 1.16. The number of halogens is 1. The van der Waals surface area contributed by atoms with Crippen molar-refractivity contribution in [1.29, 1.82) is 0 Å². The molecular weight excluding hydrogens is 507 g/mol. The van der Waals surface area contributed by atoms with Gasteiger partial charge in [-0.1, -0.05) is 24.3 Å². The number of rotatable bonds is 9. The number of imide groups is 1. The van der Waals surface area contributed by atoms with Gasteiger partial charge in [-0.3, -0.25) is 14.5 Å². The highest BCUT2D eigenvalue weighted by atomic mass is 127. The summed E-state index contributed by atoms with van der Waals surface area (Å²) in [7, 11) is 1.65. The Bertz CT molecular complexity index is 898. The summed E-state index contributed by atoms with van der Waals surface area (Å²) in [6.07, 6.45) is 1.55. The molecule has 1 aliphatic heterocycles. The molecule has 0 unspecified atom stereocenters. The molecule has 0 spiro atoms. The van der Waals surface area contributed by atoms with E-state index in [-0.39, 0.29) is 35.8 Å². The second-order valence-electron chi connectivity index (χ2n) is 6.99. The van der Waals surface area contributed by atoms with Crippen LogP contribution in [-0.4, -0.2) is 49.4 Å². The van der Waals surface area contributed by atoms with Crippen LogP contribution in [0.4, 0.5) is 0 Å². The highest BCUT2D eigenvalue weighted by molar-refractivity contribution is 14.0. The van der Waals surface area contributed by atoms with Crippen LogP contribution in [0.15, 0.2) is 53.5 Å². The molecule has 0 saturated heterocycles. The molecular formula is C23H29IN4O3.